The molecule has 2 aromatic carbocycles. The molecule has 0 aliphatic carbocycles. The van der Waals surface area contributed by atoms with Crippen molar-refractivity contribution in [2.24, 2.45) is 0 Å². The molecule has 1 saturated heterocycles. The Labute approximate surface area is 164 Å². The van der Waals surface area contributed by atoms with E-state index in [-0.39, 0.29) is 12.5 Å². The SMILES string of the molecule is Cc1ccccc1C(=O)OCC(=O)N1CCN(Cc2ccc(Cl)cc2)CC1. The number of amides is 1. The number of aryl methyl sites for hydroxylation is 1. The van der Waals surface area contributed by atoms with Crippen LogP contribution in [0.25, 0.3) is 0 Å². The first-order valence-corrected chi connectivity index (χ1v) is 9.38. The predicted molar refractivity (Wildman–Crippen MR) is 105 cm³/mol. The maximum absolute atomic E-state index is 12.3. The van der Waals surface area contributed by atoms with Crippen molar-refractivity contribution in [3.8, 4) is 0 Å². The minimum Gasteiger partial charge on any atom is -0.452 e. The van der Waals surface area contributed by atoms with Gasteiger partial charge in [0, 0.05) is 37.7 Å². The molecule has 0 atom stereocenters. The summed E-state index contributed by atoms with van der Waals surface area (Å²) in [5, 5.41) is 0.731. The summed E-state index contributed by atoms with van der Waals surface area (Å²) in [5.41, 5.74) is 2.54. The van der Waals surface area contributed by atoms with Gasteiger partial charge in [0.05, 0.1) is 5.56 Å². The number of esters is 1. The van der Waals surface area contributed by atoms with Crippen LogP contribution in [0, 0.1) is 6.92 Å². The zero-order chi connectivity index (χ0) is 19.2. The van der Waals surface area contributed by atoms with E-state index in [1.54, 1.807) is 17.0 Å². The van der Waals surface area contributed by atoms with Crippen LogP contribution in [-0.2, 0) is 16.1 Å². The molecule has 2 aromatic rings. The molecule has 1 heterocycles. The molecule has 0 spiro atoms. The number of ether oxygens (including phenoxy) is 1. The Bertz CT molecular complexity index is 799. The van der Waals surface area contributed by atoms with Crippen molar-refractivity contribution in [2.75, 3.05) is 32.8 Å². The van der Waals surface area contributed by atoms with Gasteiger partial charge in [0.1, 0.15) is 0 Å². The van der Waals surface area contributed by atoms with E-state index in [9.17, 15) is 9.59 Å². The highest BCUT2D eigenvalue weighted by molar-refractivity contribution is 6.30. The third kappa shape index (κ3) is 5.31. The van der Waals surface area contributed by atoms with Gasteiger partial charge in [0.15, 0.2) is 6.61 Å². The number of benzene rings is 2. The van der Waals surface area contributed by atoms with Gasteiger partial charge in [-0.2, -0.15) is 0 Å². The first-order chi connectivity index (χ1) is 13.0. The highest BCUT2D eigenvalue weighted by atomic mass is 35.5. The fourth-order valence-corrected chi connectivity index (χ4v) is 3.23. The van der Waals surface area contributed by atoms with E-state index in [0.717, 1.165) is 30.2 Å². The quantitative estimate of drug-likeness (QED) is 0.741. The zero-order valence-electron chi connectivity index (χ0n) is 15.4. The van der Waals surface area contributed by atoms with E-state index in [1.807, 2.05) is 43.3 Å². The van der Waals surface area contributed by atoms with Crippen LogP contribution >= 0.6 is 11.6 Å². The van der Waals surface area contributed by atoms with E-state index >= 15 is 0 Å². The normalized spacial score (nSPS) is 14.8. The van der Waals surface area contributed by atoms with E-state index < -0.39 is 5.97 Å². The first-order valence-electron chi connectivity index (χ1n) is 9.00. The third-order valence-corrected chi connectivity index (χ3v) is 4.99. The summed E-state index contributed by atoms with van der Waals surface area (Å²) in [5.74, 6) is -0.606. The second-order valence-corrected chi connectivity index (χ2v) is 7.11. The lowest BCUT2D eigenvalue weighted by molar-refractivity contribution is -0.136. The molecule has 27 heavy (non-hydrogen) atoms. The fraction of sp³-hybridized carbons (Fsp3) is 0.333. The Morgan fingerprint density at radius 1 is 1.00 bits per heavy atom. The van der Waals surface area contributed by atoms with Crippen LogP contribution in [0.1, 0.15) is 21.5 Å². The molecule has 0 saturated carbocycles. The number of hydrogen-bond acceptors (Lipinski definition) is 4. The average molecular weight is 387 g/mol. The van der Waals surface area contributed by atoms with E-state index in [1.165, 1.54) is 5.56 Å². The van der Waals surface area contributed by atoms with Crippen LogP contribution in [-0.4, -0.2) is 54.5 Å². The van der Waals surface area contributed by atoms with Crippen molar-refractivity contribution in [3.63, 3.8) is 0 Å². The van der Waals surface area contributed by atoms with Crippen LogP contribution in [0.4, 0.5) is 0 Å². The summed E-state index contributed by atoms with van der Waals surface area (Å²) in [4.78, 5) is 28.5. The summed E-state index contributed by atoms with van der Waals surface area (Å²) in [7, 11) is 0. The van der Waals surface area contributed by atoms with Gasteiger partial charge < -0.3 is 9.64 Å². The molecular weight excluding hydrogens is 364 g/mol. The Hall–Kier alpha value is -2.37. The Morgan fingerprint density at radius 2 is 1.67 bits per heavy atom. The smallest absolute Gasteiger partial charge is 0.338 e. The van der Waals surface area contributed by atoms with E-state index in [4.69, 9.17) is 16.3 Å². The molecule has 1 aliphatic rings. The molecular formula is C21H23ClN2O3. The van der Waals surface area contributed by atoms with Gasteiger partial charge >= 0.3 is 5.97 Å². The van der Waals surface area contributed by atoms with Crippen molar-refractivity contribution >= 4 is 23.5 Å². The fourth-order valence-electron chi connectivity index (χ4n) is 3.10. The van der Waals surface area contributed by atoms with E-state index in [2.05, 4.69) is 4.90 Å². The second kappa shape index (κ2) is 9.02. The third-order valence-electron chi connectivity index (χ3n) is 4.74. The highest BCUT2D eigenvalue weighted by Gasteiger charge is 2.22. The lowest BCUT2D eigenvalue weighted by Crippen LogP contribution is -2.49. The van der Waals surface area contributed by atoms with Gasteiger partial charge in [-0.3, -0.25) is 9.69 Å². The van der Waals surface area contributed by atoms with Gasteiger partial charge in [-0.05, 0) is 36.2 Å². The minimum atomic E-state index is -0.456. The molecule has 0 bridgehead atoms. The number of carbonyl (C=O) groups excluding carboxylic acids is 2. The van der Waals surface area contributed by atoms with Gasteiger partial charge in [-0.15, -0.1) is 0 Å². The lowest BCUT2D eigenvalue weighted by atomic mass is 10.1. The van der Waals surface area contributed by atoms with Crippen LogP contribution in [0.5, 0.6) is 0 Å². The van der Waals surface area contributed by atoms with Crippen LogP contribution in [0.3, 0.4) is 0 Å². The van der Waals surface area contributed by atoms with Crippen molar-refractivity contribution in [1.29, 1.82) is 0 Å². The van der Waals surface area contributed by atoms with Crippen LogP contribution in [0.15, 0.2) is 48.5 Å². The topological polar surface area (TPSA) is 49.9 Å². The standard InChI is InChI=1S/C21H23ClN2O3/c1-16-4-2-3-5-19(16)21(26)27-15-20(25)24-12-10-23(11-13-24)14-17-6-8-18(22)9-7-17/h2-9H,10-15H2,1H3. The van der Waals surface area contributed by atoms with Crippen molar-refractivity contribution in [2.45, 2.75) is 13.5 Å². The molecule has 0 aromatic heterocycles. The minimum absolute atomic E-state index is 0.150. The van der Waals surface area contributed by atoms with E-state index in [0.29, 0.717) is 18.7 Å². The monoisotopic (exact) mass is 386 g/mol. The maximum atomic E-state index is 12.3. The maximum Gasteiger partial charge on any atom is 0.338 e. The number of hydrogen-bond donors (Lipinski definition) is 0. The molecule has 0 unspecified atom stereocenters. The van der Waals surface area contributed by atoms with Crippen molar-refractivity contribution in [3.05, 3.63) is 70.2 Å². The number of carbonyl (C=O) groups is 2. The highest BCUT2D eigenvalue weighted by Crippen LogP contribution is 2.13. The Kier molecular flexibility index (Phi) is 6.48. The summed E-state index contributed by atoms with van der Waals surface area (Å²) in [6.45, 7) is 5.31. The Balaban J connectivity index is 1.44. The number of nitrogens with zero attached hydrogens (tertiary/aromatic N) is 2. The molecule has 142 valence electrons. The average Bonchev–Trinajstić information content (AvgIpc) is 2.68. The summed E-state index contributed by atoms with van der Waals surface area (Å²) < 4.78 is 5.20. The second-order valence-electron chi connectivity index (χ2n) is 6.67. The molecule has 1 amide bonds. The first kappa shape index (κ1) is 19.4. The lowest BCUT2D eigenvalue weighted by Gasteiger charge is -2.34. The molecule has 1 fully saturated rings. The van der Waals surface area contributed by atoms with Crippen molar-refractivity contribution < 1.29 is 14.3 Å². The number of halogens is 1. The molecule has 3 rings (SSSR count). The molecule has 1 aliphatic heterocycles. The zero-order valence-corrected chi connectivity index (χ0v) is 16.1. The number of rotatable bonds is 5. The summed E-state index contributed by atoms with van der Waals surface area (Å²) in [6.07, 6.45) is 0. The van der Waals surface area contributed by atoms with Gasteiger partial charge in [0.25, 0.3) is 5.91 Å². The van der Waals surface area contributed by atoms with Gasteiger partial charge in [0.2, 0.25) is 0 Å². The largest absolute Gasteiger partial charge is 0.452 e. The Morgan fingerprint density at radius 3 is 2.33 bits per heavy atom. The van der Waals surface area contributed by atoms with Gasteiger partial charge in [-0.1, -0.05) is 41.9 Å². The molecule has 0 radical (unpaired) electrons. The van der Waals surface area contributed by atoms with Crippen LogP contribution < -0.4 is 0 Å². The molecule has 0 N–H and O–H groups in total. The summed E-state index contributed by atoms with van der Waals surface area (Å²) >= 11 is 5.91. The number of piperazine rings is 1. The summed E-state index contributed by atoms with van der Waals surface area (Å²) in [6, 6.07) is 15.0. The predicted octanol–water partition coefficient (Wildman–Crippen LogP) is 3.15. The molecule has 5 nitrogen and oxygen atoms in total. The van der Waals surface area contributed by atoms with Crippen molar-refractivity contribution in [1.82, 2.24) is 9.80 Å². The molecule has 6 heteroatoms. The van der Waals surface area contributed by atoms with Crippen LogP contribution in [0.2, 0.25) is 5.02 Å². The van der Waals surface area contributed by atoms with Gasteiger partial charge in [-0.25, -0.2) is 4.79 Å².